The number of fused-ring (bicyclic) bond motifs is 1. The smallest absolute Gasteiger partial charge is 0.133 e. The maximum absolute atomic E-state index is 5.93. The number of pyridine rings is 1. The molecule has 1 N–H and O–H groups in total. The molecule has 1 saturated carbocycles. The maximum Gasteiger partial charge on any atom is 0.133 e. The molecule has 3 heteroatoms. The van der Waals surface area contributed by atoms with Gasteiger partial charge in [0.15, 0.2) is 0 Å². The zero-order chi connectivity index (χ0) is 13.6. The van der Waals surface area contributed by atoms with Crippen LogP contribution in [0.5, 0.6) is 0 Å². The Hall–Kier alpha value is -1.61. The van der Waals surface area contributed by atoms with E-state index in [1.54, 1.807) is 0 Å². The summed E-state index contributed by atoms with van der Waals surface area (Å²) in [6.45, 7) is 1.58. The minimum absolute atomic E-state index is 0.478. The molecule has 1 fully saturated rings. The molecule has 20 heavy (non-hydrogen) atoms. The van der Waals surface area contributed by atoms with Crippen LogP contribution in [0.15, 0.2) is 36.5 Å². The van der Waals surface area contributed by atoms with Crippen LogP contribution in [0.4, 0.5) is 5.82 Å². The van der Waals surface area contributed by atoms with E-state index in [1.807, 2.05) is 18.3 Å². The van der Waals surface area contributed by atoms with Crippen LogP contribution < -0.4 is 5.32 Å². The lowest BCUT2D eigenvalue weighted by Gasteiger charge is -2.22. The summed E-state index contributed by atoms with van der Waals surface area (Å²) in [5.74, 6) is 0.954. The first kappa shape index (κ1) is 13.4. The fourth-order valence-electron chi connectivity index (χ4n) is 2.89. The minimum atomic E-state index is 0.478. The summed E-state index contributed by atoms with van der Waals surface area (Å²) in [6.07, 6.45) is 8.81. The lowest BCUT2D eigenvalue weighted by Crippen LogP contribution is -2.20. The Morgan fingerprint density at radius 2 is 1.95 bits per heavy atom. The van der Waals surface area contributed by atoms with Crippen LogP contribution in [0, 0.1) is 0 Å². The van der Waals surface area contributed by atoms with Crippen LogP contribution >= 0.6 is 0 Å². The van der Waals surface area contributed by atoms with Gasteiger partial charge in [0.2, 0.25) is 0 Å². The van der Waals surface area contributed by atoms with E-state index in [4.69, 9.17) is 4.74 Å². The summed E-state index contributed by atoms with van der Waals surface area (Å²) in [5.41, 5.74) is 0. The predicted molar refractivity (Wildman–Crippen MR) is 83.1 cm³/mol. The second kappa shape index (κ2) is 6.71. The monoisotopic (exact) mass is 270 g/mol. The van der Waals surface area contributed by atoms with E-state index in [0.29, 0.717) is 6.10 Å². The standard InChI is InChI=1S/C17H22N2O/c1-2-7-15(8-3-1)20-13-12-19-17-16-9-5-4-6-14(16)10-11-18-17/h4-6,9-11,15H,1-3,7-8,12-13H2,(H,18,19). The highest BCUT2D eigenvalue weighted by molar-refractivity contribution is 5.91. The number of nitrogens with one attached hydrogen (secondary N) is 1. The van der Waals surface area contributed by atoms with Crippen LogP contribution in [0.3, 0.4) is 0 Å². The Balaban J connectivity index is 1.52. The molecule has 0 spiro atoms. The number of hydrogen-bond donors (Lipinski definition) is 1. The van der Waals surface area contributed by atoms with E-state index in [1.165, 1.54) is 42.9 Å². The van der Waals surface area contributed by atoms with Crippen LogP contribution in [-0.4, -0.2) is 24.2 Å². The van der Waals surface area contributed by atoms with Crippen molar-refractivity contribution in [1.82, 2.24) is 4.98 Å². The van der Waals surface area contributed by atoms with Gasteiger partial charge in [0.25, 0.3) is 0 Å². The third-order valence-electron chi connectivity index (χ3n) is 3.97. The fraction of sp³-hybridized carbons (Fsp3) is 0.471. The second-order valence-electron chi connectivity index (χ2n) is 5.44. The number of hydrogen-bond acceptors (Lipinski definition) is 3. The molecule has 0 bridgehead atoms. The first-order valence-electron chi connectivity index (χ1n) is 7.63. The normalized spacial score (nSPS) is 16.4. The molecule has 1 heterocycles. The molecule has 0 unspecified atom stereocenters. The quantitative estimate of drug-likeness (QED) is 0.834. The van der Waals surface area contributed by atoms with Gasteiger partial charge in [-0.1, -0.05) is 43.5 Å². The summed E-state index contributed by atoms with van der Waals surface area (Å²) >= 11 is 0. The molecule has 0 aliphatic heterocycles. The van der Waals surface area contributed by atoms with Crippen LogP contribution in [0.1, 0.15) is 32.1 Å². The Morgan fingerprint density at radius 1 is 1.10 bits per heavy atom. The zero-order valence-electron chi connectivity index (χ0n) is 11.8. The van der Waals surface area contributed by atoms with E-state index in [2.05, 4.69) is 28.5 Å². The molecule has 0 saturated heterocycles. The van der Waals surface area contributed by atoms with Gasteiger partial charge in [-0.2, -0.15) is 0 Å². The number of anilines is 1. The molecule has 1 aromatic carbocycles. The average Bonchev–Trinajstić information content (AvgIpc) is 2.53. The molecular formula is C17H22N2O. The topological polar surface area (TPSA) is 34.1 Å². The number of aromatic nitrogens is 1. The van der Waals surface area contributed by atoms with Crippen molar-refractivity contribution in [3.05, 3.63) is 36.5 Å². The molecule has 3 nitrogen and oxygen atoms in total. The van der Waals surface area contributed by atoms with Gasteiger partial charge >= 0.3 is 0 Å². The molecule has 3 rings (SSSR count). The van der Waals surface area contributed by atoms with E-state index in [0.717, 1.165) is 19.0 Å². The molecule has 1 aliphatic rings. The molecule has 0 atom stereocenters. The maximum atomic E-state index is 5.93. The highest BCUT2D eigenvalue weighted by atomic mass is 16.5. The van der Waals surface area contributed by atoms with Crippen molar-refractivity contribution in [3.8, 4) is 0 Å². The van der Waals surface area contributed by atoms with Crippen LogP contribution in [0.2, 0.25) is 0 Å². The van der Waals surface area contributed by atoms with Gasteiger partial charge in [-0.3, -0.25) is 0 Å². The van der Waals surface area contributed by atoms with Crippen molar-refractivity contribution in [2.24, 2.45) is 0 Å². The number of ether oxygens (including phenoxy) is 1. The van der Waals surface area contributed by atoms with Crippen LogP contribution in [0.25, 0.3) is 10.8 Å². The SMILES string of the molecule is c1ccc2c(NCCOC3CCCCC3)nccc2c1. The fourth-order valence-corrected chi connectivity index (χ4v) is 2.89. The van der Waals surface area contributed by atoms with Gasteiger partial charge in [0, 0.05) is 18.1 Å². The van der Waals surface area contributed by atoms with Gasteiger partial charge in [-0.05, 0) is 24.3 Å². The van der Waals surface area contributed by atoms with Gasteiger partial charge in [0.1, 0.15) is 5.82 Å². The Labute approximate surface area is 120 Å². The minimum Gasteiger partial charge on any atom is -0.376 e. The lowest BCUT2D eigenvalue weighted by atomic mass is 9.98. The molecule has 0 radical (unpaired) electrons. The van der Waals surface area contributed by atoms with Gasteiger partial charge < -0.3 is 10.1 Å². The number of rotatable bonds is 5. The molecule has 1 aromatic heterocycles. The average molecular weight is 270 g/mol. The summed E-state index contributed by atoms with van der Waals surface area (Å²) in [4.78, 5) is 4.42. The van der Waals surface area contributed by atoms with Crippen molar-refractivity contribution < 1.29 is 4.74 Å². The number of nitrogens with zero attached hydrogens (tertiary/aromatic N) is 1. The van der Waals surface area contributed by atoms with Crippen molar-refractivity contribution >= 4 is 16.6 Å². The van der Waals surface area contributed by atoms with Gasteiger partial charge in [-0.15, -0.1) is 0 Å². The van der Waals surface area contributed by atoms with Crippen LogP contribution in [-0.2, 0) is 4.74 Å². The van der Waals surface area contributed by atoms with E-state index in [9.17, 15) is 0 Å². The third-order valence-corrected chi connectivity index (χ3v) is 3.97. The van der Waals surface area contributed by atoms with Crippen molar-refractivity contribution in [2.75, 3.05) is 18.5 Å². The van der Waals surface area contributed by atoms with Gasteiger partial charge in [0.05, 0.1) is 12.7 Å². The van der Waals surface area contributed by atoms with E-state index >= 15 is 0 Å². The Kier molecular flexibility index (Phi) is 4.49. The second-order valence-corrected chi connectivity index (χ2v) is 5.44. The first-order valence-corrected chi connectivity index (χ1v) is 7.63. The summed E-state index contributed by atoms with van der Waals surface area (Å²) in [5, 5.41) is 5.79. The van der Waals surface area contributed by atoms with E-state index in [-0.39, 0.29) is 0 Å². The highest BCUT2D eigenvalue weighted by Crippen LogP contribution is 2.21. The summed E-state index contributed by atoms with van der Waals surface area (Å²) in [7, 11) is 0. The zero-order valence-corrected chi connectivity index (χ0v) is 11.8. The van der Waals surface area contributed by atoms with Crippen molar-refractivity contribution in [2.45, 2.75) is 38.2 Å². The Bertz CT molecular complexity index is 544. The number of benzene rings is 1. The molecule has 0 amide bonds. The lowest BCUT2D eigenvalue weighted by molar-refractivity contribution is 0.0347. The van der Waals surface area contributed by atoms with Crippen molar-refractivity contribution in [1.29, 1.82) is 0 Å². The third kappa shape index (κ3) is 3.28. The van der Waals surface area contributed by atoms with Crippen molar-refractivity contribution in [3.63, 3.8) is 0 Å². The molecule has 106 valence electrons. The van der Waals surface area contributed by atoms with Gasteiger partial charge in [-0.25, -0.2) is 4.98 Å². The summed E-state index contributed by atoms with van der Waals surface area (Å²) < 4.78 is 5.93. The molecular weight excluding hydrogens is 248 g/mol. The largest absolute Gasteiger partial charge is 0.376 e. The predicted octanol–water partition coefficient (Wildman–Crippen LogP) is 4.00. The van der Waals surface area contributed by atoms with E-state index < -0.39 is 0 Å². The summed E-state index contributed by atoms with van der Waals surface area (Å²) in [6, 6.07) is 10.4. The highest BCUT2D eigenvalue weighted by Gasteiger charge is 2.13. The molecule has 2 aromatic rings. The molecule has 1 aliphatic carbocycles. The first-order chi connectivity index (χ1) is 9.93. The Morgan fingerprint density at radius 3 is 2.85 bits per heavy atom.